The second-order valence-electron chi connectivity index (χ2n) is 9.12. The summed E-state index contributed by atoms with van der Waals surface area (Å²) >= 11 is 0. The first-order valence-corrected chi connectivity index (χ1v) is 11.4. The van der Waals surface area contributed by atoms with Gasteiger partial charge in [-0.25, -0.2) is 4.98 Å². The predicted octanol–water partition coefficient (Wildman–Crippen LogP) is 2.42. The number of pyridine rings is 1. The molecule has 0 radical (unpaired) electrons. The molecule has 0 spiro atoms. The molecule has 1 aromatic rings. The summed E-state index contributed by atoms with van der Waals surface area (Å²) in [5, 5.41) is 0. The quantitative estimate of drug-likeness (QED) is 0.740. The Hall–Kier alpha value is -2.15. The molecule has 0 bridgehead atoms. The number of amides is 2. The van der Waals surface area contributed by atoms with Crippen molar-refractivity contribution >= 4 is 11.8 Å². The molecule has 0 unspecified atom stereocenters. The second-order valence-corrected chi connectivity index (χ2v) is 9.12. The van der Waals surface area contributed by atoms with Crippen LogP contribution in [-0.2, 0) is 4.79 Å². The van der Waals surface area contributed by atoms with Gasteiger partial charge in [-0.1, -0.05) is 6.42 Å². The molecule has 164 valence electrons. The van der Waals surface area contributed by atoms with E-state index in [0.717, 1.165) is 57.9 Å². The Morgan fingerprint density at radius 3 is 2.23 bits per heavy atom. The number of carbonyl (C=O) groups is 2. The van der Waals surface area contributed by atoms with Crippen LogP contribution in [0.2, 0.25) is 0 Å². The van der Waals surface area contributed by atoms with Gasteiger partial charge < -0.3 is 14.5 Å². The highest BCUT2D eigenvalue weighted by molar-refractivity contribution is 5.93. The molecular weight excluding hydrogens is 380 g/mol. The Morgan fingerprint density at radius 2 is 1.70 bits per heavy atom. The molecule has 2 aliphatic carbocycles. The third-order valence-corrected chi connectivity index (χ3v) is 6.92. The highest BCUT2D eigenvalue weighted by Gasteiger charge is 2.34. The van der Waals surface area contributed by atoms with E-state index in [1.54, 1.807) is 32.4 Å². The summed E-state index contributed by atoms with van der Waals surface area (Å²) in [4.78, 5) is 35.4. The maximum Gasteiger partial charge on any atom is 0.254 e. The van der Waals surface area contributed by atoms with Gasteiger partial charge in [-0.15, -0.1) is 0 Å². The minimum absolute atomic E-state index is 0.0680. The molecule has 2 heterocycles. The fourth-order valence-electron chi connectivity index (χ4n) is 4.75. The van der Waals surface area contributed by atoms with Crippen molar-refractivity contribution in [2.45, 2.75) is 57.1 Å². The minimum Gasteiger partial charge on any atom is -0.474 e. The lowest BCUT2D eigenvalue weighted by Gasteiger charge is -2.43. The molecule has 0 N–H and O–H groups in total. The summed E-state index contributed by atoms with van der Waals surface area (Å²) in [6.07, 6.45) is 9.19. The number of ether oxygens (including phenoxy) is 1. The zero-order valence-electron chi connectivity index (χ0n) is 18.3. The van der Waals surface area contributed by atoms with E-state index in [1.165, 1.54) is 24.2 Å². The molecule has 1 aliphatic heterocycles. The third kappa shape index (κ3) is 4.77. The SMILES string of the molecule is CN(C)C(=O)c1ccc(O[C@H]2CC[C@H](C(=O)N3CCN(C4CCC4)CC3)CC2)nc1. The monoisotopic (exact) mass is 414 g/mol. The zero-order chi connectivity index (χ0) is 21.1. The zero-order valence-corrected chi connectivity index (χ0v) is 18.3. The lowest BCUT2D eigenvalue weighted by Crippen LogP contribution is -2.54. The van der Waals surface area contributed by atoms with Crippen LogP contribution in [0.25, 0.3) is 0 Å². The van der Waals surface area contributed by atoms with Crippen LogP contribution >= 0.6 is 0 Å². The topological polar surface area (TPSA) is 66.0 Å². The molecule has 1 saturated heterocycles. The molecule has 3 aliphatic rings. The predicted molar refractivity (Wildman–Crippen MR) is 114 cm³/mol. The number of hydrogen-bond donors (Lipinski definition) is 0. The second kappa shape index (κ2) is 9.33. The van der Waals surface area contributed by atoms with Crippen LogP contribution in [0.3, 0.4) is 0 Å². The molecule has 2 saturated carbocycles. The summed E-state index contributed by atoms with van der Waals surface area (Å²) < 4.78 is 6.02. The number of nitrogens with zero attached hydrogens (tertiary/aromatic N) is 4. The van der Waals surface area contributed by atoms with Crippen LogP contribution in [0.15, 0.2) is 18.3 Å². The van der Waals surface area contributed by atoms with Crippen LogP contribution in [-0.4, -0.2) is 83.9 Å². The molecule has 0 atom stereocenters. The lowest BCUT2D eigenvalue weighted by atomic mass is 9.86. The average Bonchev–Trinajstić information content (AvgIpc) is 2.73. The molecule has 1 aromatic heterocycles. The van der Waals surface area contributed by atoms with Gasteiger partial charge in [-0.05, 0) is 44.6 Å². The Balaban J connectivity index is 1.21. The Labute approximate surface area is 179 Å². The van der Waals surface area contributed by atoms with Crippen molar-refractivity contribution in [2.75, 3.05) is 40.3 Å². The van der Waals surface area contributed by atoms with E-state index in [4.69, 9.17) is 4.74 Å². The normalized spacial score (nSPS) is 25.5. The standard InChI is InChI=1S/C23H34N4O3/c1-25(2)22(28)18-8-11-21(24-16-18)30-20-9-6-17(7-10-20)23(29)27-14-12-26(13-15-27)19-4-3-5-19/h8,11,16-17,19-20H,3-7,9-10,12-15H2,1-2H3/t17-,20-. The van der Waals surface area contributed by atoms with Crippen molar-refractivity contribution in [1.29, 1.82) is 0 Å². The molecule has 7 heteroatoms. The molecule has 2 amide bonds. The first-order valence-electron chi connectivity index (χ1n) is 11.4. The molecule has 30 heavy (non-hydrogen) atoms. The number of hydrogen-bond acceptors (Lipinski definition) is 5. The Bertz CT molecular complexity index is 731. The van der Waals surface area contributed by atoms with E-state index in [1.807, 2.05) is 0 Å². The summed E-state index contributed by atoms with van der Waals surface area (Å²) in [6, 6.07) is 4.29. The van der Waals surface area contributed by atoms with Gasteiger partial charge in [-0.2, -0.15) is 0 Å². The smallest absolute Gasteiger partial charge is 0.254 e. The van der Waals surface area contributed by atoms with Crippen LogP contribution in [0.1, 0.15) is 55.3 Å². The maximum atomic E-state index is 13.0. The van der Waals surface area contributed by atoms with Gasteiger partial charge in [0.1, 0.15) is 6.10 Å². The Morgan fingerprint density at radius 1 is 1.00 bits per heavy atom. The van der Waals surface area contributed by atoms with Crippen LogP contribution < -0.4 is 4.74 Å². The fraction of sp³-hybridized carbons (Fsp3) is 0.696. The van der Waals surface area contributed by atoms with Crippen LogP contribution in [0.4, 0.5) is 0 Å². The first-order chi connectivity index (χ1) is 14.5. The highest BCUT2D eigenvalue weighted by Crippen LogP contribution is 2.30. The van der Waals surface area contributed by atoms with Gasteiger partial charge >= 0.3 is 0 Å². The Kier molecular flexibility index (Phi) is 6.56. The minimum atomic E-state index is -0.0680. The summed E-state index contributed by atoms with van der Waals surface area (Å²) in [5.41, 5.74) is 0.555. The van der Waals surface area contributed by atoms with Crippen LogP contribution in [0, 0.1) is 5.92 Å². The average molecular weight is 415 g/mol. The molecule has 7 nitrogen and oxygen atoms in total. The number of piperazine rings is 1. The summed E-state index contributed by atoms with van der Waals surface area (Å²) in [5.74, 6) is 0.952. The van der Waals surface area contributed by atoms with E-state index in [2.05, 4.69) is 14.8 Å². The van der Waals surface area contributed by atoms with E-state index in [-0.39, 0.29) is 17.9 Å². The van der Waals surface area contributed by atoms with Gasteiger partial charge in [-0.3, -0.25) is 14.5 Å². The fourth-order valence-corrected chi connectivity index (χ4v) is 4.75. The maximum absolute atomic E-state index is 13.0. The van der Waals surface area contributed by atoms with Gasteiger partial charge in [0.25, 0.3) is 5.91 Å². The van der Waals surface area contributed by atoms with Gasteiger partial charge in [0.2, 0.25) is 11.8 Å². The van der Waals surface area contributed by atoms with Gasteiger partial charge in [0.05, 0.1) is 5.56 Å². The molecule has 4 rings (SSSR count). The number of carbonyl (C=O) groups excluding carboxylic acids is 2. The molecule has 3 fully saturated rings. The van der Waals surface area contributed by atoms with Crippen molar-refractivity contribution in [3.8, 4) is 5.88 Å². The number of rotatable bonds is 5. The summed E-state index contributed by atoms with van der Waals surface area (Å²) in [7, 11) is 3.45. The van der Waals surface area contributed by atoms with Crippen molar-refractivity contribution in [2.24, 2.45) is 5.92 Å². The largest absolute Gasteiger partial charge is 0.474 e. The van der Waals surface area contributed by atoms with Crippen molar-refractivity contribution in [3.05, 3.63) is 23.9 Å². The van der Waals surface area contributed by atoms with Crippen molar-refractivity contribution in [3.63, 3.8) is 0 Å². The van der Waals surface area contributed by atoms with E-state index < -0.39 is 0 Å². The van der Waals surface area contributed by atoms with Gasteiger partial charge in [0.15, 0.2) is 0 Å². The van der Waals surface area contributed by atoms with Crippen molar-refractivity contribution in [1.82, 2.24) is 19.7 Å². The summed E-state index contributed by atoms with van der Waals surface area (Å²) in [6.45, 7) is 3.83. The van der Waals surface area contributed by atoms with E-state index >= 15 is 0 Å². The number of aromatic nitrogens is 1. The third-order valence-electron chi connectivity index (χ3n) is 6.92. The molecular formula is C23H34N4O3. The highest BCUT2D eigenvalue weighted by atomic mass is 16.5. The van der Waals surface area contributed by atoms with Crippen molar-refractivity contribution < 1.29 is 14.3 Å². The van der Waals surface area contributed by atoms with E-state index in [9.17, 15) is 9.59 Å². The van der Waals surface area contributed by atoms with Gasteiger partial charge in [0, 0.05) is 64.5 Å². The van der Waals surface area contributed by atoms with E-state index in [0.29, 0.717) is 17.4 Å². The molecule has 0 aromatic carbocycles. The van der Waals surface area contributed by atoms with Crippen LogP contribution in [0.5, 0.6) is 5.88 Å². The first kappa shape index (κ1) is 21.1. The lowest BCUT2D eigenvalue weighted by molar-refractivity contribution is -0.139.